The number of ether oxygens (including phenoxy) is 1. The van der Waals surface area contributed by atoms with E-state index in [1.54, 1.807) is 6.07 Å². The van der Waals surface area contributed by atoms with Crippen LogP contribution in [-0.2, 0) is 23.8 Å². The number of alkyl halides is 3. The van der Waals surface area contributed by atoms with Crippen LogP contribution in [0.5, 0.6) is 5.75 Å². The van der Waals surface area contributed by atoms with Crippen molar-refractivity contribution < 1.29 is 27.8 Å². The molecular formula is C23H22F3NO3. The molecule has 2 aliphatic rings. The first-order valence-corrected chi connectivity index (χ1v) is 9.96. The summed E-state index contributed by atoms with van der Waals surface area (Å²) in [6.07, 6.45) is -0.387. The standard InChI is InChI=1S/C23H22F3NO3/c24-23(25,26)16-7-9-18-15(4-2-10-30-21(18)12-16)11-22(29)27-20-5-1-3-14-6-8-17(28)13-19(14)20/h1,3,5,7,9,11-12,17,28H,2,4,6,8,10,13H2,(H,27,29)/b15-11+. The van der Waals surface area contributed by atoms with Gasteiger partial charge in [-0.25, -0.2) is 0 Å². The average molecular weight is 417 g/mol. The second kappa shape index (κ2) is 8.14. The molecule has 0 saturated heterocycles. The van der Waals surface area contributed by atoms with Crippen LogP contribution in [0.25, 0.3) is 5.57 Å². The minimum atomic E-state index is -4.46. The summed E-state index contributed by atoms with van der Waals surface area (Å²) in [6, 6.07) is 9.02. The Morgan fingerprint density at radius 3 is 2.83 bits per heavy atom. The van der Waals surface area contributed by atoms with E-state index in [1.807, 2.05) is 12.1 Å². The molecule has 1 atom stereocenters. The van der Waals surface area contributed by atoms with E-state index in [0.29, 0.717) is 42.5 Å². The third-order valence-electron chi connectivity index (χ3n) is 5.53. The highest BCUT2D eigenvalue weighted by molar-refractivity contribution is 6.04. The van der Waals surface area contributed by atoms with Crippen LogP contribution >= 0.6 is 0 Å². The van der Waals surface area contributed by atoms with Crippen LogP contribution in [0, 0.1) is 0 Å². The van der Waals surface area contributed by atoms with Crippen molar-refractivity contribution in [2.24, 2.45) is 0 Å². The van der Waals surface area contributed by atoms with Crippen LogP contribution in [0.1, 0.15) is 41.5 Å². The number of rotatable bonds is 2. The molecule has 2 aromatic carbocycles. The van der Waals surface area contributed by atoms with E-state index >= 15 is 0 Å². The lowest BCUT2D eigenvalue weighted by atomic mass is 9.88. The average Bonchev–Trinajstić information content (AvgIpc) is 2.89. The zero-order valence-electron chi connectivity index (χ0n) is 16.3. The van der Waals surface area contributed by atoms with E-state index in [2.05, 4.69) is 5.32 Å². The number of aliphatic hydroxyl groups excluding tert-OH is 1. The maximum Gasteiger partial charge on any atom is 0.416 e. The van der Waals surface area contributed by atoms with Gasteiger partial charge in [-0.05, 0) is 60.6 Å². The Labute approximate surface area is 172 Å². The first-order chi connectivity index (χ1) is 14.3. The molecule has 0 spiro atoms. The number of allylic oxidation sites excluding steroid dienone is 1. The first-order valence-electron chi connectivity index (χ1n) is 9.96. The van der Waals surface area contributed by atoms with Crippen molar-refractivity contribution in [3.05, 3.63) is 64.7 Å². The van der Waals surface area contributed by atoms with Crippen molar-refractivity contribution in [3.63, 3.8) is 0 Å². The molecule has 1 aliphatic carbocycles. The van der Waals surface area contributed by atoms with Crippen molar-refractivity contribution in [2.75, 3.05) is 11.9 Å². The Morgan fingerprint density at radius 2 is 2.03 bits per heavy atom. The van der Waals surface area contributed by atoms with Crippen LogP contribution < -0.4 is 10.1 Å². The molecule has 30 heavy (non-hydrogen) atoms. The molecule has 158 valence electrons. The summed E-state index contributed by atoms with van der Waals surface area (Å²) in [4.78, 5) is 12.7. The number of halogens is 3. The van der Waals surface area contributed by atoms with Gasteiger partial charge in [-0.2, -0.15) is 13.2 Å². The van der Waals surface area contributed by atoms with Gasteiger partial charge in [0.25, 0.3) is 0 Å². The van der Waals surface area contributed by atoms with Gasteiger partial charge in [0.15, 0.2) is 0 Å². The molecule has 4 rings (SSSR count). The lowest BCUT2D eigenvalue weighted by Crippen LogP contribution is -2.21. The van der Waals surface area contributed by atoms with Crippen molar-refractivity contribution in [3.8, 4) is 5.75 Å². The van der Waals surface area contributed by atoms with Gasteiger partial charge in [-0.15, -0.1) is 0 Å². The fraction of sp³-hybridized carbons (Fsp3) is 0.348. The number of carbonyl (C=O) groups is 1. The van der Waals surface area contributed by atoms with Gasteiger partial charge in [-0.3, -0.25) is 4.79 Å². The monoisotopic (exact) mass is 417 g/mol. The summed E-state index contributed by atoms with van der Waals surface area (Å²) in [5, 5.41) is 12.9. The third kappa shape index (κ3) is 4.36. The molecule has 7 heteroatoms. The highest BCUT2D eigenvalue weighted by Crippen LogP contribution is 2.38. The molecule has 0 saturated carbocycles. The summed E-state index contributed by atoms with van der Waals surface area (Å²) >= 11 is 0. The SMILES string of the molecule is O=C(/C=C1\CCCOc2cc(C(F)(F)F)ccc21)Nc1cccc2c1CC(O)CC2. The predicted molar refractivity (Wildman–Crippen MR) is 107 cm³/mol. The van der Waals surface area contributed by atoms with Gasteiger partial charge in [0.1, 0.15) is 5.75 Å². The van der Waals surface area contributed by atoms with Gasteiger partial charge in [0.2, 0.25) is 5.91 Å². The maximum atomic E-state index is 13.0. The van der Waals surface area contributed by atoms with Crippen molar-refractivity contribution in [2.45, 2.75) is 44.4 Å². The van der Waals surface area contributed by atoms with E-state index in [4.69, 9.17) is 4.74 Å². The number of aliphatic hydroxyl groups is 1. The second-order valence-corrected chi connectivity index (χ2v) is 7.66. The van der Waals surface area contributed by atoms with Gasteiger partial charge < -0.3 is 15.2 Å². The largest absolute Gasteiger partial charge is 0.493 e. The molecule has 0 radical (unpaired) electrons. The highest BCUT2D eigenvalue weighted by Gasteiger charge is 2.32. The van der Waals surface area contributed by atoms with Crippen molar-refractivity contribution >= 4 is 17.2 Å². The number of amides is 1. The molecule has 1 unspecified atom stereocenters. The van der Waals surface area contributed by atoms with E-state index < -0.39 is 17.8 Å². The lowest BCUT2D eigenvalue weighted by Gasteiger charge is -2.23. The van der Waals surface area contributed by atoms with Crippen LogP contribution in [0.3, 0.4) is 0 Å². The first kappa shape index (κ1) is 20.5. The van der Waals surface area contributed by atoms with Crippen LogP contribution in [0.15, 0.2) is 42.5 Å². The number of benzene rings is 2. The van der Waals surface area contributed by atoms with Gasteiger partial charge in [-0.1, -0.05) is 18.2 Å². The smallest absolute Gasteiger partial charge is 0.416 e. The Hall–Kier alpha value is -2.80. The molecule has 0 aromatic heterocycles. The van der Waals surface area contributed by atoms with Gasteiger partial charge in [0.05, 0.1) is 18.3 Å². The number of nitrogens with one attached hydrogen (secondary N) is 1. The third-order valence-corrected chi connectivity index (χ3v) is 5.53. The van der Waals surface area contributed by atoms with Crippen molar-refractivity contribution in [1.82, 2.24) is 0 Å². The molecule has 0 fully saturated rings. The summed E-state index contributed by atoms with van der Waals surface area (Å²) in [5.74, 6) is -0.215. The number of aryl methyl sites for hydroxylation is 1. The number of carbonyl (C=O) groups excluding carboxylic acids is 1. The zero-order chi connectivity index (χ0) is 21.3. The molecule has 1 heterocycles. The van der Waals surface area contributed by atoms with E-state index in [9.17, 15) is 23.1 Å². The summed E-state index contributed by atoms with van der Waals surface area (Å²) in [5.41, 5.74) is 3.06. The molecular weight excluding hydrogens is 395 g/mol. The molecule has 1 aliphatic heterocycles. The van der Waals surface area contributed by atoms with E-state index in [0.717, 1.165) is 29.7 Å². The molecule has 1 amide bonds. The fourth-order valence-electron chi connectivity index (χ4n) is 4.03. The maximum absolute atomic E-state index is 13.0. The van der Waals surface area contributed by atoms with Gasteiger partial charge in [0, 0.05) is 23.7 Å². The minimum absolute atomic E-state index is 0.140. The Balaban J connectivity index is 1.61. The number of hydrogen-bond acceptors (Lipinski definition) is 3. The highest BCUT2D eigenvalue weighted by atomic mass is 19.4. The molecule has 2 aromatic rings. The zero-order valence-corrected chi connectivity index (χ0v) is 16.3. The van der Waals surface area contributed by atoms with E-state index in [-0.39, 0.29) is 18.3 Å². The van der Waals surface area contributed by atoms with Crippen LogP contribution in [-0.4, -0.2) is 23.7 Å². The number of anilines is 1. The number of fused-ring (bicyclic) bond motifs is 2. The lowest BCUT2D eigenvalue weighted by molar-refractivity contribution is -0.137. The number of hydrogen-bond donors (Lipinski definition) is 2. The predicted octanol–water partition coefficient (Wildman–Crippen LogP) is 4.75. The summed E-state index contributed by atoms with van der Waals surface area (Å²) in [6.45, 7) is 0.289. The second-order valence-electron chi connectivity index (χ2n) is 7.66. The van der Waals surface area contributed by atoms with Crippen LogP contribution in [0.2, 0.25) is 0 Å². The van der Waals surface area contributed by atoms with Gasteiger partial charge >= 0.3 is 6.18 Å². The Morgan fingerprint density at radius 1 is 1.20 bits per heavy atom. The topological polar surface area (TPSA) is 58.6 Å². The summed E-state index contributed by atoms with van der Waals surface area (Å²) in [7, 11) is 0. The summed E-state index contributed by atoms with van der Waals surface area (Å²) < 4.78 is 44.6. The Kier molecular flexibility index (Phi) is 5.56. The fourth-order valence-corrected chi connectivity index (χ4v) is 4.03. The quantitative estimate of drug-likeness (QED) is 0.694. The molecule has 2 N–H and O–H groups in total. The normalized spacial score (nSPS) is 20.0. The van der Waals surface area contributed by atoms with Crippen molar-refractivity contribution in [1.29, 1.82) is 0 Å². The van der Waals surface area contributed by atoms with Crippen LogP contribution in [0.4, 0.5) is 18.9 Å². The molecule has 0 bridgehead atoms. The van der Waals surface area contributed by atoms with E-state index in [1.165, 1.54) is 12.1 Å². The molecule has 4 nitrogen and oxygen atoms in total. The minimum Gasteiger partial charge on any atom is -0.493 e. The Bertz CT molecular complexity index is 998.